The largest absolute Gasteiger partial charge is 0.481 e. The molecule has 0 aromatic carbocycles. The fraction of sp³-hybridized carbons (Fsp3) is 0.625. The van der Waals surface area contributed by atoms with Crippen molar-refractivity contribution in [2.45, 2.75) is 38.5 Å². The van der Waals surface area contributed by atoms with Gasteiger partial charge in [-0.3, -0.25) is 9.58 Å². The number of ether oxygens (including phenoxy) is 1. The van der Waals surface area contributed by atoms with Gasteiger partial charge in [0.05, 0.1) is 31.0 Å². The van der Waals surface area contributed by atoms with E-state index in [0.717, 1.165) is 36.5 Å². The molecule has 0 aliphatic carbocycles. The lowest BCUT2D eigenvalue weighted by molar-refractivity contribution is 0.0883. The lowest BCUT2D eigenvalue weighted by Crippen LogP contribution is -2.34. The van der Waals surface area contributed by atoms with E-state index in [4.69, 9.17) is 4.74 Å². The number of methoxy groups -OCH3 is 1. The SMILES string of the molecule is COc1c([C@@H]2CCCN2C[C@@H](O)Cn2cccn2)c(C)nn1C. The molecule has 0 saturated carbocycles. The van der Waals surface area contributed by atoms with Crippen LogP contribution in [0.5, 0.6) is 5.88 Å². The van der Waals surface area contributed by atoms with E-state index in [1.54, 1.807) is 22.7 Å². The Labute approximate surface area is 136 Å². The highest BCUT2D eigenvalue weighted by Crippen LogP contribution is 2.38. The van der Waals surface area contributed by atoms with Gasteiger partial charge in [-0.2, -0.15) is 10.2 Å². The third kappa shape index (κ3) is 3.25. The Morgan fingerprint density at radius 2 is 2.26 bits per heavy atom. The van der Waals surface area contributed by atoms with Crippen molar-refractivity contribution >= 4 is 0 Å². The highest BCUT2D eigenvalue weighted by Gasteiger charge is 2.33. The molecule has 0 radical (unpaired) electrons. The zero-order valence-corrected chi connectivity index (χ0v) is 14.0. The van der Waals surface area contributed by atoms with Gasteiger partial charge < -0.3 is 9.84 Å². The first-order valence-corrected chi connectivity index (χ1v) is 8.07. The maximum Gasteiger partial charge on any atom is 0.216 e. The molecule has 0 unspecified atom stereocenters. The Morgan fingerprint density at radius 1 is 1.43 bits per heavy atom. The average molecular weight is 319 g/mol. The van der Waals surface area contributed by atoms with Crippen molar-refractivity contribution in [3.8, 4) is 5.88 Å². The fourth-order valence-electron chi connectivity index (χ4n) is 3.60. The third-order valence-corrected chi connectivity index (χ3v) is 4.51. The lowest BCUT2D eigenvalue weighted by Gasteiger charge is -2.27. The third-order valence-electron chi connectivity index (χ3n) is 4.51. The predicted octanol–water partition coefficient (Wildman–Crippen LogP) is 1.13. The molecule has 1 fully saturated rings. The zero-order chi connectivity index (χ0) is 16.4. The van der Waals surface area contributed by atoms with E-state index in [1.807, 2.05) is 26.2 Å². The van der Waals surface area contributed by atoms with Gasteiger partial charge in [0.25, 0.3) is 0 Å². The molecule has 126 valence electrons. The first-order chi connectivity index (χ1) is 11.1. The Morgan fingerprint density at radius 3 is 2.96 bits per heavy atom. The molecule has 7 heteroatoms. The molecule has 0 amide bonds. The maximum absolute atomic E-state index is 10.4. The molecule has 7 nitrogen and oxygen atoms in total. The molecule has 2 atom stereocenters. The summed E-state index contributed by atoms with van der Waals surface area (Å²) in [5.41, 5.74) is 2.15. The highest BCUT2D eigenvalue weighted by atomic mass is 16.5. The molecule has 1 saturated heterocycles. The van der Waals surface area contributed by atoms with E-state index in [-0.39, 0.29) is 6.04 Å². The normalized spacial score (nSPS) is 20.1. The summed E-state index contributed by atoms with van der Waals surface area (Å²) in [6, 6.07) is 2.13. The molecule has 2 aromatic rings. The second-order valence-corrected chi connectivity index (χ2v) is 6.17. The van der Waals surface area contributed by atoms with Crippen LogP contribution in [0.4, 0.5) is 0 Å². The van der Waals surface area contributed by atoms with E-state index in [1.165, 1.54) is 0 Å². The van der Waals surface area contributed by atoms with E-state index in [2.05, 4.69) is 15.1 Å². The Bertz CT molecular complexity index is 637. The molecule has 0 bridgehead atoms. The van der Waals surface area contributed by atoms with Crippen LogP contribution in [0.3, 0.4) is 0 Å². The van der Waals surface area contributed by atoms with E-state index in [0.29, 0.717) is 13.1 Å². The number of β-amino-alcohol motifs (C(OH)–C–C–N with tert-alkyl or cyclic N) is 1. The molecule has 1 N–H and O–H groups in total. The van der Waals surface area contributed by atoms with Crippen molar-refractivity contribution in [3.63, 3.8) is 0 Å². The van der Waals surface area contributed by atoms with Crippen LogP contribution in [0.1, 0.15) is 30.1 Å². The molecule has 3 heterocycles. The number of likely N-dealkylation sites (tertiary alicyclic amines) is 1. The average Bonchev–Trinajstić information content (AvgIpc) is 3.20. The zero-order valence-electron chi connectivity index (χ0n) is 14.0. The Balaban J connectivity index is 1.73. The number of rotatable bonds is 6. The van der Waals surface area contributed by atoms with Gasteiger partial charge in [0.15, 0.2) is 0 Å². The number of aromatic nitrogens is 4. The van der Waals surface area contributed by atoms with Crippen LogP contribution in [-0.2, 0) is 13.6 Å². The summed E-state index contributed by atoms with van der Waals surface area (Å²) in [5.74, 6) is 0.820. The van der Waals surface area contributed by atoms with E-state index < -0.39 is 6.10 Å². The summed E-state index contributed by atoms with van der Waals surface area (Å²) in [6.07, 6.45) is 5.35. The molecular weight excluding hydrogens is 294 g/mol. The number of nitrogens with zero attached hydrogens (tertiary/aromatic N) is 5. The topological polar surface area (TPSA) is 68.3 Å². The van der Waals surface area contributed by atoms with Crippen LogP contribution in [0.15, 0.2) is 18.5 Å². The fourth-order valence-corrected chi connectivity index (χ4v) is 3.60. The molecular formula is C16H25N5O2. The monoisotopic (exact) mass is 319 g/mol. The van der Waals surface area contributed by atoms with Crippen molar-refractivity contribution in [1.82, 2.24) is 24.5 Å². The number of hydrogen-bond donors (Lipinski definition) is 1. The van der Waals surface area contributed by atoms with Crippen LogP contribution in [-0.4, -0.2) is 55.9 Å². The van der Waals surface area contributed by atoms with Crippen LogP contribution in [0, 0.1) is 6.92 Å². The van der Waals surface area contributed by atoms with Crippen molar-refractivity contribution in [2.24, 2.45) is 7.05 Å². The van der Waals surface area contributed by atoms with E-state index in [9.17, 15) is 5.11 Å². The van der Waals surface area contributed by atoms with Gasteiger partial charge in [0.2, 0.25) is 5.88 Å². The van der Waals surface area contributed by atoms with Crippen LogP contribution in [0.2, 0.25) is 0 Å². The summed E-state index contributed by atoms with van der Waals surface area (Å²) in [6.45, 7) is 4.15. The number of aliphatic hydroxyl groups excluding tert-OH is 1. The molecule has 3 rings (SSSR count). The van der Waals surface area contributed by atoms with Gasteiger partial charge in [-0.25, -0.2) is 4.68 Å². The molecule has 23 heavy (non-hydrogen) atoms. The maximum atomic E-state index is 10.4. The number of aliphatic hydroxyl groups is 1. The summed E-state index contributed by atoms with van der Waals surface area (Å²) >= 11 is 0. The molecule has 1 aliphatic rings. The van der Waals surface area contributed by atoms with Gasteiger partial charge in [0, 0.05) is 32.0 Å². The smallest absolute Gasteiger partial charge is 0.216 e. The first-order valence-electron chi connectivity index (χ1n) is 8.07. The summed E-state index contributed by atoms with van der Waals surface area (Å²) < 4.78 is 9.11. The summed E-state index contributed by atoms with van der Waals surface area (Å²) in [4.78, 5) is 2.33. The molecule has 0 spiro atoms. The van der Waals surface area contributed by atoms with Crippen LogP contribution < -0.4 is 4.74 Å². The lowest BCUT2D eigenvalue weighted by atomic mass is 10.0. The van der Waals surface area contributed by atoms with Crippen LogP contribution in [0.25, 0.3) is 0 Å². The minimum atomic E-state index is -0.446. The van der Waals surface area contributed by atoms with Crippen molar-refractivity contribution < 1.29 is 9.84 Å². The van der Waals surface area contributed by atoms with Gasteiger partial charge >= 0.3 is 0 Å². The summed E-state index contributed by atoms with van der Waals surface area (Å²) in [7, 11) is 3.59. The minimum absolute atomic E-state index is 0.255. The second-order valence-electron chi connectivity index (χ2n) is 6.17. The summed E-state index contributed by atoms with van der Waals surface area (Å²) in [5, 5.41) is 19.0. The standard InChI is InChI=1S/C16H25N5O2/c1-12-15(16(23-3)19(2)18-12)14-6-4-8-20(14)10-13(22)11-21-9-5-7-17-21/h5,7,9,13-14,22H,4,6,8,10-11H2,1-3H3/t13-,14+/m1/s1. The second kappa shape index (κ2) is 6.72. The first kappa shape index (κ1) is 16.0. The Hall–Kier alpha value is -1.86. The van der Waals surface area contributed by atoms with Crippen LogP contribution >= 0.6 is 0 Å². The van der Waals surface area contributed by atoms with Crippen molar-refractivity contribution in [1.29, 1.82) is 0 Å². The highest BCUT2D eigenvalue weighted by molar-refractivity contribution is 5.35. The molecule has 2 aromatic heterocycles. The quantitative estimate of drug-likeness (QED) is 0.864. The number of hydrogen-bond acceptors (Lipinski definition) is 5. The Kier molecular flexibility index (Phi) is 4.68. The van der Waals surface area contributed by atoms with Gasteiger partial charge in [0.1, 0.15) is 0 Å². The van der Waals surface area contributed by atoms with E-state index >= 15 is 0 Å². The molecule has 1 aliphatic heterocycles. The predicted molar refractivity (Wildman–Crippen MR) is 86.3 cm³/mol. The van der Waals surface area contributed by atoms with Crippen molar-refractivity contribution in [2.75, 3.05) is 20.2 Å². The minimum Gasteiger partial charge on any atom is -0.481 e. The van der Waals surface area contributed by atoms with Gasteiger partial charge in [-0.1, -0.05) is 0 Å². The van der Waals surface area contributed by atoms with Gasteiger partial charge in [-0.05, 0) is 32.4 Å². The number of aryl methyl sites for hydroxylation is 2. The van der Waals surface area contributed by atoms with Crippen molar-refractivity contribution in [3.05, 3.63) is 29.7 Å². The van der Waals surface area contributed by atoms with Gasteiger partial charge in [-0.15, -0.1) is 0 Å².